The fourth-order valence-corrected chi connectivity index (χ4v) is 7.11. The Kier molecular flexibility index (Phi) is 13.4. The van der Waals surface area contributed by atoms with Crippen molar-refractivity contribution in [1.82, 2.24) is 4.31 Å². The molecule has 1 aliphatic heterocycles. The van der Waals surface area contributed by atoms with Gasteiger partial charge in [0.05, 0.1) is 24.7 Å². The minimum Gasteiger partial charge on any atom is -0.497 e. The van der Waals surface area contributed by atoms with Gasteiger partial charge in [-0.25, -0.2) is 13.2 Å². The lowest BCUT2D eigenvalue weighted by Gasteiger charge is -2.39. The summed E-state index contributed by atoms with van der Waals surface area (Å²) in [5.41, 5.74) is 3.33. The summed E-state index contributed by atoms with van der Waals surface area (Å²) < 4.78 is 45.0. The third-order valence-corrected chi connectivity index (χ3v) is 9.77. The predicted octanol–water partition coefficient (Wildman–Crippen LogP) is 6.99. The Labute approximate surface area is 268 Å². The van der Waals surface area contributed by atoms with Gasteiger partial charge < -0.3 is 19.1 Å². The van der Waals surface area contributed by atoms with Crippen LogP contribution in [-0.2, 0) is 24.2 Å². The molecule has 0 spiro atoms. The number of hydrogen-bond acceptors (Lipinski definition) is 7. The molecule has 242 valence electrons. The molecule has 0 bridgehead atoms. The smallest absolute Gasteiger partial charge is 0.337 e. The molecule has 9 heteroatoms. The van der Waals surface area contributed by atoms with E-state index in [2.05, 4.69) is 16.2 Å². The second-order valence-corrected chi connectivity index (χ2v) is 12.7. The van der Waals surface area contributed by atoms with Crippen molar-refractivity contribution in [2.45, 2.75) is 44.0 Å². The van der Waals surface area contributed by atoms with Crippen LogP contribution in [-0.4, -0.2) is 72.8 Å². The molecule has 0 amide bonds. The number of ether oxygens (including phenoxy) is 3. The summed E-state index contributed by atoms with van der Waals surface area (Å²) in [5, 5.41) is 1.88. The number of benzene rings is 3. The average molecular weight is 635 g/mol. The van der Waals surface area contributed by atoms with Crippen LogP contribution in [0.4, 0.5) is 5.69 Å². The lowest BCUT2D eigenvalue weighted by atomic mass is 10.0. The Balaban J connectivity index is 0.00000177. The molecule has 8 nitrogen and oxygen atoms in total. The van der Waals surface area contributed by atoms with Gasteiger partial charge in [-0.2, -0.15) is 4.31 Å². The molecule has 0 saturated carbocycles. The molecular formula is C36H46N2O6S. The van der Waals surface area contributed by atoms with E-state index in [0.29, 0.717) is 37.3 Å². The van der Waals surface area contributed by atoms with E-state index in [0.717, 1.165) is 34.0 Å². The lowest BCUT2D eigenvalue weighted by Crippen LogP contribution is -2.48. The van der Waals surface area contributed by atoms with Gasteiger partial charge in [0.1, 0.15) is 5.76 Å². The monoisotopic (exact) mass is 634 g/mol. The molecule has 1 saturated heterocycles. The van der Waals surface area contributed by atoms with Crippen LogP contribution in [0.1, 0.15) is 43.5 Å². The number of carbonyl (C=O) groups is 1. The number of hydrogen-bond donors (Lipinski definition) is 0. The van der Waals surface area contributed by atoms with Gasteiger partial charge in [-0.05, 0) is 90.6 Å². The lowest BCUT2D eigenvalue weighted by molar-refractivity contribution is 0.0600. The first-order valence-electron chi connectivity index (χ1n) is 15.0. The number of methoxy groups -OCH3 is 3. The van der Waals surface area contributed by atoms with Crippen LogP contribution >= 0.6 is 0 Å². The third kappa shape index (κ3) is 9.06. The van der Waals surface area contributed by atoms with Crippen molar-refractivity contribution in [3.05, 3.63) is 108 Å². The maximum atomic E-state index is 14.3. The number of fused-ring (bicyclic) bond motifs is 1. The zero-order chi connectivity index (χ0) is 33.0. The summed E-state index contributed by atoms with van der Waals surface area (Å²) >= 11 is 0. The van der Waals surface area contributed by atoms with E-state index in [9.17, 15) is 13.2 Å². The fourth-order valence-electron chi connectivity index (χ4n) is 5.35. The van der Waals surface area contributed by atoms with Gasteiger partial charge in [-0.1, -0.05) is 49.9 Å². The first kappa shape index (κ1) is 35.6. The molecule has 45 heavy (non-hydrogen) atoms. The predicted molar refractivity (Wildman–Crippen MR) is 182 cm³/mol. The van der Waals surface area contributed by atoms with E-state index < -0.39 is 10.0 Å². The van der Waals surface area contributed by atoms with Crippen LogP contribution in [0.5, 0.6) is 0 Å². The summed E-state index contributed by atoms with van der Waals surface area (Å²) in [5.74, 6) is 0.274. The molecule has 0 atom stereocenters. The molecule has 1 heterocycles. The highest BCUT2D eigenvalue weighted by Gasteiger charge is 2.34. The van der Waals surface area contributed by atoms with E-state index >= 15 is 0 Å². The largest absolute Gasteiger partial charge is 0.497 e. The zero-order valence-electron chi connectivity index (χ0n) is 27.3. The molecule has 1 fully saturated rings. The van der Waals surface area contributed by atoms with Crippen molar-refractivity contribution in [2.24, 2.45) is 0 Å². The Morgan fingerprint density at radius 1 is 0.956 bits per heavy atom. The molecule has 1 aliphatic rings. The normalized spacial score (nSPS) is 14.8. The number of allylic oxidation sites excluding steroid dienone is 3. The van der Waals surface area contributed by atoms with Crippen LogP contribution in [0, 0.1) is 0 Å². The topological polar surface area (TPSA) is 85.4 Å². The van der Waals surface area contributed by atoms with Crippen molar-refractivity contribution >= 4 is 32.5 Å². The summed E-state index contributed by atoms with van der Waals surface area (Å²) in [7, 11) is 2.39. The fraction of sp³-hybridized carbons (Fsp3) is 0.361. The van der Waals surface area contributed by atoms with Gasteiger partial charge in [0.15, 0.2) is 0 Å². The third-order valence-electron chi connectivity index (χ3n) is 7.87. The van der Waals surface area contributed by atoms with Crippen LogP contribution in [0.3, 0.4) is 0 Å². The second kappa shape index (κ2) is 17.0. The van der Waals surface area contributed by atoms with Gasteiger partial charge in [0.2, 0.25) is 10.0 Å². The van der Waals surface area contributed by atoms with E-state index in [4.69, 9.17) is 9.47 Å². The average Bonchev–Trinajstić information content (AvgIpc) is 3.07. The molecule has 0 N–H and O–H groups in total. The summed E-state index contributed by atoms with van der Waals surface area (Å²) in [4.78, 5) is 14.3. The molecule has 3 aromatic rings. The number of anilines is 1. The Morgan fingerprint density at radius 3 is 2.13 bits per heavy atom. The number of sulfonamides is 1. The highest BCUT2D eigenvalue weighted by atomic mass is 32.2. The number of piperidine rings is 1. The van der Waals surface area contributed by atoms with Crippen LogP contribution in [0.15, 0.2) is 107 Å². The maximum absolute atomic E-state index is 14.3. The highest BCUT2D eigenvalue weighted by molar-refractivity contribution is 7.89. The molecule has 0 unspecified atom stereocenters. The quantitative estimate of drug-likeness (QED) is 0.128. The molecule has 3 aromatic carbocycles. The van der Waals surface area contributed by atoms with Crippen molar-refractivity contribution in [1.29, 1.82) is 0 Å². The van der Waals surface area contributed by atoms with Crippen LogP contribution in [0.25, 0.3) is 10.8 Å². The van der Waals surface area contributed by atoms with E-state index in [1.807, 2.05) is 62.4 Å². The van der Waals surface area contributed by atoms with Gasteiger partial charge in [-0.15, -0.1) is 0 Å². The highest BCUT2D eigenvalue weighted by Crippen LogP contribution is 2.30. The maximum Gasteiger partial charge on any atom is 0.337 e. The standard InChI is InChI=1S/C34H40N2O5S.C2H6O/c1-6-26(7-2)22-33(40-4)25(3)24-36(42(38,39)32-17-14-27-10-8-9-11-29(27)23-32)31-18-20-35(21-19-31)30-15-12-28(13-16-30)34(37)41-5;1-3-2/h6,8-17,22-23,31H,1,7,18-21,24H2,2-5H3;1-2H3/b26-22+,33-25-;. The van der Waals surface area contributed by atoms with Gasteiger partial charge in [0.25, 0.3) is 0 Å². The molecule has 0 aromatic heterocycles. The first-order chi connectivity index (χ1) is 21.6. The van der Waals surface area contributed by atoms with Gasteiger partial charge >= 0.3 is 5.97 Å². The number of nitrogens with zero attached hydrogens (tertiary/aromatic N) is 2. The molecule has 0 aliphatic carbocycles. The number of carbonyl (C=O) groups excluding carboxylic acids is 1. The SMILES string of the molecule is C=C/C(=C\C(OC)=C(/C)CN(C1CCN(c2ccc(C(=O)OC)cc2)CC1)S(=O)(=O)c1ccc2ccccc2c1)CC.COC. The summed E-state index contributed by atoms with van der Waals surface area (Å²) in [6.45, 7) is 9.43. The minimum atomic E-state index is -3.84. The minimum absolute atomic E-state index is 0.200. The molecular weight excluding hydrogens is 588 g/mol. The Bertz CT molecular complexity index is 1600. The second-order valence-electron chi connectivity index (χ2n) is 10.8. The molecule has 0 radical (unpaired) electrons. The van der Waals surface area contributed by atoms with Crippen molar-refractivity contribution < 1.29 is 27.4 Å². The number of rotatable bonds is 11. The molecule has 4 rings (SSSR count). The van der Waals surface area contributed by atoms with Gasteiger partial charge in [0, 0.05) is 45.6 Å². The summed E-state index contributed by atoms with van der Waals surface area (Å²) in [6.07, 6.45) is 5.84. The zero-order valence-corrected chi connectivity index (χ0v) is 28.1. The first-order valence-corrected chi connectivity index (χ1v) is 16.5. The summed E-state index contributed by atoms with van der Waals surface area (Å²) in [6, 6.07) is 20.2. The Hall–Kier alpha value is -3.92. The van der Waals surface area contributed by atoms with Crippen molar-refractivity contribution in [2.75, 3.05) is 53.0 Å². The van der Waals surface area contributed by atoms with Crippen LogP contribution in [0.2, 0.25) is 0 Å². The van der Waals surface area contributed by atoms with E-state index in [1.54, 1.807) is 56.0 Å². The van der Waals surface area contributed by atoms with Crippen molar-refractivity contribution in [3.8, 4) is 0 Å². The van der Waals surface area contributed by atoms with E-state index in [-0.39, 0.29) is 23.5 Å². The van der Waals surface area contributed by atoms with Crippen LogP contribution < -0.4 is 4.90 Å². The number of esters is 1. The Morgan fingerprint density at radius 2 is 1.58 bits per heavy atom. The van der Waals surface area contributed by atoms with Crippen molar-refractivity contribution in [3.63, 3.8) is 0 Å². The van der Waals surface area contributed by atoms with Gasteiger partial charge in [-0.3, -0.25) is 0 Å². The van der Waals surface area contributed by atoms with E-state index in [1.165, 1.54) is 7.11 Å².